The Kier molecular flexibility index (Phi) is 2.97. The number of ether oxygens (including phenoxy) is 1. The van der Waals surface area contributed by atoms with Crippen molar-refractivity contribution in [3.05, 3.63) is 27.4 Å². The molecule has 2 aromatic rings. The second-order valence-corrected chi connectivity index (χ2v) is 4.31. The van der Waals surface area contributed by atoms with E-state index in [9.17, 15) is 0 Å². The summed E-state index contributed by atoms with van der Waals surface area (Å²) in [4.78, 5) is 0. The highest BCUT2D eigenvalue weighted by molar-refractivity contribution is 9.10. The van der Waals surface area contributed by atoms with Gasteiger partial charge >= 0.3 is 0 Å². The first-order valence-electron chi connectivity index (χ1n) is 4.40. The van der Waals surface area contributed by atoms with E-state index < -0.39 is 0 Å². The fourth-order valence-electron chi connectivity index (χ4n) is 1.30. The molecule has 0 aliphatic carbocycles. The van der Waals surface area contributed by atoms with Crippen molar-refractivity contribution in [1.82, 2.24) is 14.9 Å². The molecule has 0 unspecified atom stereocenters. The molecule has 0 bridgehead atoms. The molecule has 0 saturated carbocycles. The summed E-state index contributed by atoms with van der Waals surface area (Å²) < 4.78 is 7.69. The highest BCUT2D eigenvalue weighted by atomic mass is 79.9. The number of hydrogen-bond donors (Lipinski definition) is 2. The average Bonchev–Trinajstić information content (AvgIpc) is 2.61. The van der Waals surface area contributed by atoms with Gasteiger partial charge in [-0.3, -0.25) is 0 Å². The van der Waals surface area contributed by atoms with Crippen LogP contribution in [0.15, 0.2) is 22.7 Å². The summed E-state index contributed by atoms with van der Waals surface area (Å²) in [5.74, 6) is 7.03. The van der Waals surface area contributed by atoms with Crippen LogP contribution < -0.4 is 10.6 Å². The van der Waals surface area contributed by atoms with E-state index in [2.05, 4.69) is 26.1 Å². The van der Waals surface area contributed by atoms with Crippen molar-refractivity contribution in [3.8, 4) is 17.1 Å². The number of aromatic amines is 1. The van der Waals surface area contributed by atoms with Gasteiger partial charge in [0.25, 0.3) is 0 Å². The van der Waals surface area contributed by atoms with Gasteiger partial charge in [-0.25, -0.2) is 9.77 Å². The third-order valence-corrected chi connectivity index (χ3v) is 3.10. The topological polar surface area (TPSA) is 68.9 Å². The SMILES string of the molecule is COc1ccc(Br)c(-c2n[nH]c(=S)n2N)c1. The van der Waals surface area contributed by atoms with Crippen molar-refractivity contribution in [2.75, 3.05) is 13.0 Å². The van der Waals surface area contributed by atoms with Crippen LogP contribution in [-0.2, 0) is 0 Å². The molecule has 3 N–H and O–H groups in total. The summed E-state index contributed by atoms with van der Waals surface area (Å²) in [6.45, 7) is 0. The zero-order valence-electron chi connectivity index (χ0n) is 8.40. The average molecular weight is 301 g/mol. The summed E-state index contributed by atoms with van der Waals surface area (Å²) in [6.07, 6.45) is 0. The molecule has 2 rings (SSSR count). The molecule has 0 atom stereocenters. The number of nitrogens with zero attached hydrogens (tertiary/aromatic N) is 2. The molecule has 0 aliphatic heterocycles. The van der Waals surface area contributed by atoms with Crippen LogP contribution in [0.2, 0.25) is 0 Å². The Morgan fingerprint density at radius 3 is 2.88 bits per heavy atom. The number of nitrogen functional groups attached to an aromatic ring is 1. The Labute approximate surface area is 105 Å². The molecule has 0 saturated heterocycles. The fourth-order valence-corrected chi connectivity index (χ4v) is 1.85. The van der Waals surface area contributed by atoms with Crippen LogP contribution >= 0.6 is 28.1 Å². The smallest absolute Gasteiger partial charge is 0.214 e. The molecule has 0 spiro atoms. The minimum atomic E-state index is 0.365. The number of aromatic nitrogens is 3. The lowest BCUT2D eigenvalue weighted by molar-refractivity contribution is 0.415. The van der Waals surface area contributed by atoms with Gasteiger partial charge in [0, 0.05) is 10.0 Å². The summed E-state index contributed by atoms with van der Waals surface area (Å²) in [5.41, 5.74) is 0.814. The van der Waals surface area contributed by atoms with Crippen molar-refractivity contribution in [2.24, 2.45) is 0 Å². The second-order valence-electron chi connectivity index (χ2n) is 3.07. The third kappa shape index (κ3) is 1.83. The molecular weight excluding hydrogens is 292 g/mol. The predicted octanol–water partition coefficient (Wildman–Crippen LogP) is 2.09. The van der Waals surface area contributed by atoms with Gasteiger partial charge in [-0.05, 0) is 30.4 Å². The first kappa shape index (κ1) is 11.2. The minimum absolute atomic E-state index is 0.365. The lowest BCUT2D eigenvalue weighted by atomic mass is 10.2. The van der Waals surface area contributed by atoms with Crippen LogP contribution in [-0.4, -0.2) is 22.0 Å². The van der Waals surface area contributed by atoms with Crippen molar-refractivity contribution in [1.29, 1.82) is 0 Å². The Hall–Kier alpha value is -1.34. The van der Waals surface area contributed by atoms with E-state index in [1.807, 2.05) is 18.2 Å². The third-order valence-electron chi connectivity index (χ3n) is 2.12. The fraction of sp³-hybridized carbons (Fsp3) is 0.111. The Morgan fingerprint density at radius 2 is 2.31 bits per heavy atom. The standard InChI is InChI=1S/C9H9BrN4OS/c1-15-5-2-3-7(10)6(4-5)8-12-13-9(16)14(8)11/h2-4H,11H2,1H3,(H,13,16). The van der Waals surface area contributed by atoms with Gasteiger partial charge in [-0.1, -0.05) is 15.9 Å². The van der Waals surface area contributed by atoms with Crippen LogP contribution in [0.4, 0.5) is 0 Å². The summed E-state index contributed by atoms with van der Waals surface area (Å²) in [5, 5.41) is 6.69. The number of halogens is 1. The van der Waals surface area contributed by atoms with Crippen molar-refractivity contribution < 1.29 is 4.74 Å². The van der Waals surface area contributed by atoms with E-state index in [-0.39, 0.29) is 0 Å². The molecular formula is C9H9BrN4OS. The van der Waals surface area contributed by atoms with Gasteiger partial charge in [-0.15, -0.1) is 0 Å². The van der Waals surface area contributed by atoms with Crippen LogP contribution in [0.5, 0.6) is 5.75 Å². The van der Waals surface area contributed by atoms with Gasteiger partial charge in [0.2, 0.25) is 4.77 Å². The highest BCUT2D eigenvalue weighted by Crippen LogP contribution is 2.29. The van der Waals surface area contributed by atoms with Gasteiger partial charge in [0.05, 0.1) is 7.11 Å². The predicted molar refractivity (Wildman–Crippen MR) is 67.3 cm³/mol. The molecule has 0 fully saturated rings. The molecule has 1 aromatic carbocycles. The van der Waals surface area contributed by atoms with E-state index in [4.69, 9.17) is 22.8 Å². The molecule has 0 aliphatic rings. The molecule has 5 nitrogen and oxygen atoms in total. The summed E-state index contributed by atoms with van der Waals surface area (Å²) in [7, 11) is 1.60. The quantitative estimate of drug-likeness (QED) is 0.658. The lowest BCUT2D eigenvalue weighted by Gasteiger charge is -2.06. The van der Waals surface area contributed by atoms with Crippen LogP contribution in [0.1, 0.15) is 0 Å². The summed E-state index contributed by atoms with van der Waals surface area (Å²) >= 11 is 8.38. The van der Waals surface area contributed by atoms with Crippen LogP contribution in [0.25, 0.3) is 11.4 Å². The highest BCUT2D eigenvalue weighted by Gasteiger charge is 2.11. The molecule has 0 amide bonds. The summed E-state index contributed by atoms with van der Waals surface area (Å²) in [6, 6.07) is 5.54. The Bertz CT molecular complexity index is 577. The molecule has 1 heterocycles. The molecule has 16 heavy (non-hydrogen) atoms. The van der Waals surface area contributed by atoms with Crippen LogP contribution in [0, 0.1) is 4.77 Å². The zero-order valence-corrected chi connectivity index (χ0v) is 10.8. The van der Waals surface area contributed by atoms with Gasteiger partial charge in [0.15, 0.2) is 5.82 Å². The largest absolute Gasteiger partial charge is 0.497 e. The number of H-pyrrole nitrogens is 1. The zero-order chi connectivity index (χ0) is 11.7. The normalized spacial score (nSPS) is 10.4. The Balaban J connectivity index is 2.63. The van der Waals surface area contributed by atoms with E-state index in [1.54, 1.807) is 7.11 Å². The lowest BCUT2D eigenvalue weighted by Crippen LogP contribution is -2.10. The van der Waals surface area contributed by atoms with E-state index in [1.165, 1.54) is 4.68 Å². The first-order chi connectivity index (χ1) is 7.63. The second kappa shape index (κ2) is 4.26. The number of benzene rings is 1. The van der Waals surface area contributed by atoms with Crippen LogP contribution in [0.3, 0.4) is 0 Å². The molecule has 7 heteroatoms. The van der Waals surface area contributed by atoms with Crippen molar-refractivity contribution in [3.63, 3.8) is 0 Å². The van der Waals surface area contributed by atoms with Gasteiger partial charge < -0.3 is 10.6 Å². The minimum Gasteiger partial charge on any atom is -0.497 e. The maximum atomic E-state index is 5.75. The molecule has 0 radical (unpaired) electrons. The molecule has 1 aromatic heterocycles. The number of rotatable bonds is 2. The number of nitrogens with two attached hydrogens (primary N) is 1. The monoisotopic (exact) mass is 300 g/mol. The number of hydrogen-bond acceptors (Lipinski definition) is 4. The van der Waals surface area contributed by atoms with Crippen molar-refractivity contribution >= 4 is 28.1 Å². The van der Waals surface area contributed by atoms with Gasteiger partial charge in [0.1, 0.15) is 5.75 Å². The first-order valence-corrected chi connectivity index (χ1v) is 5.60. The Morgan fingerprint density at radius 1 is 1.56 bits per heavy atom. The van der Waals surface area contributed by atoms with E-state index in [0.717, 1.165) is 15.8 Å². The number of methoxy groups -OCH3 is 1. The van der Waals surface area contributed by atoms with E-state index >= 15 is 0 Å². The molecule has 84 valence electrons. The maximum Gasteiger partial charge on any atom is 0.214 e. The van der Waals surface area contributed by atoms with Gasteiger partial charge in [-0.2, -0.15) is 5.10 Å². The maximum absolute atomic E-state index is 5.75. The van der Waals surface area contributed by atoms with Crippen molar-refractivity contribution in [2.45, 2.75) is 0 Å². The van der Waals surface area contributed by atoms with E-state index in [0.29, 0.717) is 10.6 Å². The number of nitrogens with one attached hydrogen (secondary N) is 1.